The van der Waals surface area contributed by atoms with Crippen molar-refractivity contribution in [1.29, 1.82) is 0 Å². The van der Waals surface area contributed by atoms with E-state index < -0.39 is 36.3 Å². The lowest BCUT2D eigenvalue weighted by Gasteiger charge is -2.45. The standard InChI is InChI=1S/C53H52O10/c1-37(2)60-50-47(56-32-39-20-10-4-11-21-39)44-29-28-43(30-45(44)62-52(50)54)61-53-51(59-35-42-26-16-7-17-27-42)49(58-34-41-24-14-6-15-25-41)48(57-33-40-22-12-5-13-23-40)46(63-53)36-55-31-38-18-8-3-9-19-38/h3-30,37,46,48-49,51,53H,31-36H2,1-2H3/t46-,48+,49+,51-,53-/m1/s1. The molecule has 1 saturated heterocycles. The second-order valence-corrected chi connectivity index (χ2v) is 15.6. The number of benzene rings is 6. The number of rotatable bonds is 20. The van der Waals surface area contributed by atoms with E-state index in [1.54, 1.807) is 18.2 Å². The monoisotopic (exact) mass is 848 g/mol. The molecule has 1 aromatic heterocycles. The number of hydrogen-bond donors (Lipinski definition) is 0. The van der Waals surface area contributed by atoms with Gasteiger partial charge in [-0.3, -0.25) is 0 Å². The van der Waals surface area contributed by atoms with Gasteiger partial charge in [0.15, 0.2) is 5.75 Å². The van der Waals surface area contributed by atoms with Gasteiger partial charge >= 0.3 is 5.63 Å². The van der Waals surface area contributed by atoms with E-state index in [4.69, 9.17) is 42.3 Å². The van der Waals surface area contributed by atoms with Gasteiger partial charge in [-0.15, -0.1) is 0 Å². The summed E-state index contributed by atoms with van der Waals surface area (Å²) in [4.78, 5) is 13.6. The Balaban J connectivity index is 1.15. The van der Waals surface area contributed by atoms with Crippen molar-refractivity contribution in [3.63, 3.8) is 0 Å². The van der Waals surface area contributed by atoms with Gasteiger partial charge in [-0.05, 0) is 53.8 Å². The van der Waals surface area contributed by atoms with Crippen LogP contribution in [0.5, 0.6) is 17.2 Å². The molecule has 10 nitrogen and oxygen atoms in total. The lowest BCUT2D eigenvalue weighted by molar-refractivity contribution is -0.310. The summed E-state index contributed by atoms with van der Waals surface area (Å²) < 4.78 is 58.7. The van der Waals surface area contributed by atoms with Gasteiger partial charge in [0.2, 0.25) is 12.0 Å². The van der Waals surface area contributed by atoms with E-state index in [0.29, 0.717) is 24.3 Å². The number of hydrogen-bond acceptors (Lipinski definition) is 10. The fourth-order valence-electron chi connectivity index (χ4n) is 7.40. The summed E-state index contributed by atoms with van der Waals surface area (Å²) >= 11 is 0. The molecule has 0 bridgehead atoms. The molecule has 1 fully saturated rings. The van der Waals surface area contributed by atoms with Crippen molar-refractivity contribution >= 4 is 11.0 Å². The predicted molar refractivity (Wildman–Crippen MR) is 239 cm³/mol. The number of ether oxygens (including phenoxy) is 8. The van der Waals surface area contributed by atoms with E-state index in [0.717, 1.165) is 27.8 Å². The third kappa shape index (κ3) is 11.8. The molecule has 2 heterocycles. The van der Waals surface area contributed by atoms with Crippen LogP contribution in [0.15, 0.2) is 179 Å². The molecule has 63 heavy (non-hydrogen) atoms. The molecule has 0 unspecified atom stereocenters. The van der Waals surface area contributed by atoms with Gasteiger partial charge in [0.05, 0.1) is 44.5 Å². The van der Waals surface area contributed by atoms with E-state index in [2.05, 4.69) is 0 Å². The minimum Gasteiger partial charge on any atom is -0.484 e. The lowest BCUT2D eigenvalue weighted by atomic mass is 9.97. The van der Waals surface area contributed by atoms with Crippen molar-refractivity contribution < 1.29 is 42.3 Å². The van der Waals surface area contributed by atoms with Crippen LogP contribution in [0.4, 0.5) is 0 Å². The maximum Gasteiger partial charge on any atom is 0.383 e. The SMILES string of the molecule is CC(C)Oc1c(OCc2ccccc2)c2ccc(O[C@@H]3O[C@H](COCc4ccccc4)[C@H](OCc4ccccc4)[C@H](OCc4ccccc4)[C@H]3OCc3ccccc3)cc2oc1=O. The number of fused-ring (bicyclic) bond motifs is 1. The van der Waals surface area contributed by atoms with Gasteiger partial charge in [0, 0.05) is 6.07 Å². The van der Waals surface area contributed by atoms with Gasteiger partial charge in [-0.25, -0.2) is 4.79 Å². The lowest BCUT2D eigenvalue weighted by Crippen LogP contribution is -2.62. The highest BCUT2D eigenvalue weighted by Gasteiger charge is 2.50. The van der Waals surface area contributed by atoms with Crippen LogP contribution in [0.25, 0.3) is 11.0 Å². The van der Waals surface area contributed by atoms with Crippen LogP contribution >= 0.6 is 0 Å². The Morgan fingerprint density at radius 3 is 1.52 bits per heavy atom. The first-order valence-corrected chi connectivity index (χ1v) is 21.3. The molecule has 7 aromatic rings. The Morgan fingerprint density at radius 2 is 1.00 bits per heavy atom. The quantitative estimate of drug-likeness (QED) is 0.0689. The van der Waals surface area contributed by atoms with Crippen LogP contribution in [0.3, 0.4) is 0 Å². The molecule has 0 radical (unpaired) electrons. The molecular formula is C53H52O10. The zero-order valence-corrected chi connectivity index (χ0v) is 35.5. The maximum absolute atomic E-state index is 13.6. The van der Waals surface area contributed by atoms with Crippen LogP contribution in [-0.2, 0) is 56.7 Å². The van der Waals surface area contributed by atoms with Crippen molar-refractivity contribution in [2.24, 2.45) is 0 Å². The smallest absolute Gasteiger partial charge is 0.383 e. The van der Waals surface area contributed by atoms with Crippen LogP contribution in [0, 0.1) is 0 Å². The summed E-state index contributed by atoms with van der Waals surface area (Å²) in [5.41, 5.74) is 4.48. The minimum absolute atomic E-state index is 0.00499. The summed E-state index contributed by atoms with van der Waals surface area (Å²) in [6.45, 7) is 5.25. The topological polar surface area (TPSA) is 104 Å². The Kier molecular flexibility index (Phi) is 14.9. The van der Waals surface area contributed by atoms with Crippen molar-refractivity contribution in [2.75, 3.05) is 6.61 Å². The molecule has 10 heteroatoms. The van der Waals surface area contributed by atoms with E-state index in [1.807, 2.05) is 166 Å². The molecule has 5 atom stereocenters. The van der Waals surface area contributed by atoms with E-state index in [-0.39, 0.29) is 49.6 Å². The van der Waals surface area contributed by atoms with Gasteiger partial charge in [0.1, 0.15) is 42.4 Å². The molecule has 8 rings (SSSR count). The molecule has 0 amide bonds. The second-order valence-electron chi connectivity index (χ2n) is 15.6. The minimum atomic E-state index is -1.03. The summed E-state index contributed by atoms with van der Waals surface area (Å²) in [7, 11) is 0. The third-order valence-electron chi connectivity index (χ3n) is 10.5. The normalized spacial score (nSPS) is 18.6. The van der Waals surface area contributed by atoms with Gasteiger partial charge < -0.3 is 42.3 Å². The molecular weight excluding hydrogens is 797 g/mol. The summed E-state index contributed by atoms with van der Waals surface area (Å²) in [6, 6.07) is 54.8. The Morgan fingerprint density at radius 1 is 0.524 bits per heavy atom. The zero-order chi connectivity index (χ0) is 43.2. The first-order valence-electron chi connectivity index (χ1n) is 21.3. The molecule has 1 aliphatic heterocycles. The van der Waals surface area contributed by atoms with Gasteiger partial charge in [-0.2, -0.15) is 0 Å². The van der Waals surface area contributed by atoms with Crippen LogP contribution in [-0.4, -0.2) is 43.4 Å². The van der Waals surface area contributed by atoms with E-state index in [1.165, 1.54) is 0 Å². The maximum atomic E-state index is 13.6. The van der Waals surface area contributed by atoms with Crippen LogP contribution < -0.4 is 19.8 Å². The van der Waals surface area contributed by atoms with Crippen molar-refractivity contribution in [2.45, 2.75) is 83.7 Å². The fourth-order valence-corrected chi connectivity index (χ4v) is 7.40. The second kappa shape index (κ2) is 21.7. The summed E-state index contributed by atoms with van der Waals surface area (Å²) in [6.07, 6.45) is -4.15. The molecule has 0 spiro atoms. The Hall–Kier alpha value is -6.27. The molecule has 324 valence electrons. The summed E-state index contributed by atoms with van der Waals surface area (Å²) in [5.74, 6) is 0.655. The zero-order valence-electron chi connectivity index (χ0n) is 35.5. The van der Waals surface area contributed by atoms with Crippen molar-refractivity contribution in [3.05, 3.63) is 208 Å². The third-order valence-corrected chi connectivity index (χ3v) is 10.5. The molecule has 0 N–H and O–H groups in total. The average Bonchev–Trinajstić information content (AvgIpc) is 3.31. The first-order chi connectivity index (χ1) is 31.0. The first kappa shape index (κ1) is 43.4. The molecule has 6 aromatic carbocycles. The molecule has 0 saturated carbocycles. The highest BCUT2D eigenvalue weighted by Crippen LogP contribution is 2.38. The van der Waals surface area contributed by atoms with Gasteiger partial charge in [-0.1, -0.05) is 152 Å². The fraction of sp³-hybridized carbons (Fsp3) is 0.264. The van der Waals surface area contributed by atoms with Gasteiger partial charge in [0.25, 0.3) is 0 Å². The Bertz CT molecular complexity index is 2500. The van der Waals surface area contributed by atoms with E-state index >= 15 is 0 Å². The molecule has 1 aliphatic rings. The largest absolute Gasteiger partial charge is 0.484 e. The van der Waals surface area contributed by atoms with E-state index in [9.17, 15) is 4.79 Å². The summed E-state index contributed by atoms with van der Waals surface area (Å²) in [5, 5.41) is 0.542. The Labute approximate surface area is 367 Å². The molecule has 0 aliphatic carbocycles. The predicted octanol–water partition coefficient (Wildman–Crippen LogP) is 10.2. The van der Waals surface area contributed by atoms with Crippen LogP contribution in [0.1, 0.15) is 41.7 Å². The van der Waals surface area contributed by atoms with Crippen molar-refractivity contribution in [3.8, 4) is 17.2 Å². The average molecular weight is 849 g/mol. The van der Waals surface area contributed by atoms with Crippen LogP contribution in [0.2, 0.25) is 0 Å². The highest BCUT2D eigenvalue weighted by molar-refractivity contribution is 5.86. The van der Waals surface area contributed by atoms with Crippen molar-refractivity contribution in [1.82, 2.24) is 0 Å². The highest BCUT2D eigenvalue weighted by atomic mass is 16.7.